The number of benzene rings is 1. The van der Waals surface area contributed by atoms with Crippen LogP contribution in [0.25, 0.3) is 10.2 Å². The minimum Gasteiger partial charge on any atom is -0.355 e. The van der Waals surface area contributed by atoms with Crippen molar-refractivity contribution >= 4 is 45.1 Å². The van der Waals surface area contributed by atoms with E-state index in [9.17, 15) is 9.59 Å². The summed E-state index contributed by atoms with van der Waals surface area (Å²) in [7, 11) is 0. The number of carbonyl (C=O) groups excluding carboxylic acids is 2. The topological polar surface area (TPSA) is 62.3 Å². The molecule has 0 spiro atoms. The quantitative estimate of drug-likeness (QED) is 0.616. The van der Waals surface area contributed by atoms with Crippen LogP contribution in [0.2, 0.25) is 0 Å². The molecule has 1 aromatic heterocycles. The third-order valence-corrected chi connectivity index (χ3v) is 5.88. The standard InChI is InChI=1S/C16H19N3O2S2/c20-14(17-8-4-10-19-9-3-7-15(19)21)11-22-16-18-12-5-1-2-6-13(12)23-16/h1-2,5-6H,3-4,7-11H2,(H,17,20). The predicted octanol–water partition coefficient (Wildman–Crippen LogP) is 2.52. The zero-order valence-corrected chi connectivity index (χ0v) is 14.4. The molecule has 0 radical (unpaired) electrons. The van der Waals surface area contributed by atoms with Gasteiger partial charge in [0.2, 0.25) is 11.8 Å². The normalized spacial score (nSPS) is 14.6. The molecule has 122 valence electrons. The van der Waals surface area contributed by atoms with Crippen LogP contribution in [0.5, 0.6) is 0 Å². The first kappa shape index (κ1) is 16.3. The van der Waals surface area contributed by atoms with Crippen molar-refractivity contribution in [3.05, 3.63) is 24.3 Å². The molecule has 0 bridgehead atoms. The Labute approximate surface area is 143 Å². The van der Waals surface area contributed by atoms with Crippen molar-refractivity contribution < 1.29 is 9.59 Å². The van der Waals surface area contributed by atoms with E-state index in [1.54, 1.807) is 11.3 Å². The molecule has 1 fully saturated rings. The molecule has 1 saturated heterocycles. The van der Waals surface area contributed by atoms with Gasteiger partial charge in [-0.2, -0.15) is 0 Å². The Balaban J connectivity index is 1.35. The number of rotatable bonds is 7. The van der Waals surface area contributed by atoms with Gasteiger partial charge in [0.25, 0.3) is 0 Å². The van der Waals surface area contributed by atoms with Crippen molar-refractivity contribution in [2.45, 2.75) is 23.6 Å². The molecule has 1 aliphatic rings. The zero-order chi connectivity index (χ0) is 16.1. The largest absolute Gasteiger partial charge is 0.355 e. The second kappa shape index (κ2) is 7.79. The maximum Gasteiger partial charge on any atom is 0.230 e. The van der Waals surface area contributed by atoms with Gasteiger partial charge in [-0.05, 0) is 25.0 Å². The minimum absolute atomic E-state index is 0.0157. The van der Waals surface area contributed by atoms with E-state index in [-0.39, 0.29) is 11.8 Å². The fraction of sp³-hybridized carbons (Fsp3) is 0.438. The van der Waals surface area contributed by atoms with E-state index in [0.29, 0.717) is 18.7 Å². The number of carbonyl (C=O) groups is 2. The number of nitrogens with zero attached hydrogens (tertiary/aromatic N) is 2. The molecule has 1 N–H and O–H groups in total. The average Bonchev–Trinajstić information content (AvgIpc) is 3.15. The number of hydrogen-bond acceptors (Lipinski definition) is 5. The second-order valence-corrected chi connectivity index (χ2v) is 7.68. The highest BCUT2D eigenvalue weighted by Crippen LogP contribution is 2.28. The molecular formula is C16H19N3O2S2. The van der Waals surface area contributed by atoms with Gasteiger partial charge in [-0.25, -0.2) is 4.98 Å². The van der Waals surface area contributed by atoms with Gasteiger partial charge in [0.1, 0.15) is 0 Å². The van der Waals surface area contributed by atoms with E-state index in [4.69, 9.17) is 0 Å². The highest BCUT2D eigenvalue weighted by Gasteiger charge is 2.19. The molecule has 2 amide bonds. The monoisotopic (exact) mass is 349 g/mol. The number of amides is 2. The number of fused-ring (bicyclic) bond motifs is 1. The molecule has 0 atom stereocenters. The Hall–Kier alpha value is -1.60. The molecule has 2 heterocycles. The summed E-state index contributed by atoms with van der Waals surface area (Å²) in [5.74, 6) is 0.632. The van der Waals surface area contributed by atoms with Gasteiger partial charge in [0, 0.05) is 26.1 Å². The zero-order valence-electron chi connectivity index (χ0n) is 12.8. The van der Waals surface area contributed by atoms with Gasteiger partial charge in [-0.3, -0.25) is 9.59 Å². The van der Waals surface area contributed by atoms with Gasteiger partial charge in [-0.1, -0.05) is 23.9 Å². The molecule has 0 unspecified atom stereocenters. The van der Waals surface area contributed by atoms with Crippen LogP contribution >= 0.6 is 23.1 Å². The highest BCUT2D eigenvalue weighted by atomic mass is 32.2. The van der Waals surface area contributed by atoms with Crippen molar-refractivity contribution in [2.24, 2.45) is 0 Å². The predicted molar refractivity (Wildman–Crippen MR) is 93.8 cm³/mol. The highest BCUT2D eigenvalue weighted by molar-refractivity contribution is 8.01. The van der Waals surface area contributed by atoms with Crippen LogP contribution in [0.1, 0.15) is 19.3 Å². The van der Waals surface area contributed by atoms with E-state index >= 15 is 0 Å². The summed E-state index contributed by atoms with van der Waals surface area (Å²) >= 11 is 3.08. The maximum atomic E-state index is 11.9. The van der Waals surface area contributed by atoms with E-state index in [0.717, 1.165) is 40.5 Å². The van der Waals surface area contributed by atoms with E-state index in [1.807, 2.05) is 29.2 Å². The fourth-order valence-electron chi connectivity index (χ4n) is 2.53. The molecule has 1 aromatic carbocycles. The molecule has 0 saturated carbocycles. The maximum absolute atomic E-state index is 11.9. The summed E-state index contributed by atoms with van der Waals surface area (Å²) in [5.41, 5.74) is 0.982. The Morgan fingerprint density at radius 2 is 2.26 bits per heavy atom. The molecule has 5 nitrogen and oxygen atoms in total. The summed E-state index contributed by atoms with van der Waals surface area (Å²) in [4.78, 5) is 29.7. The third-order valence-electron chi connectivity index (χ3n) is 3.70. The van der Waals surface area contributed by atoms with Gasteiger partial charge in [0.05, 0.1) is 16.0 Å². The first-order valence-electron chi connectivity index (χ1n) is 7.75. The molecular weight excluding hydrogens is 330 g/mol. The summed E-state index contributed by atoms with van der Waals surface area (Å²) in [6.07, 6.45) is 2.44. The lowest BCUT2D eigenvalue weighted by atomic mass is 10.3. The van der Waals surface area contributed by atoms with Crippen molar-refractivity contribution in [3.8, 4) is 0 Å². The lowest BCUT2D eigenvalue weighted by Gasteiger charge is -2.15. The first-order chi connectivity index (χ1) is 11.2. The molecule has 0 aliphatic carbocycles. The Morgan fingerprint density at radius 1 is 1.39 bits per heavy atom. The first-order valence-corrected chi connectivity index (χ1v) is 9.55. The van der Waals surface area contributed by atoms with E-state index in [2.05, 4.69) is 10.3 Å². The van der Waals surface area contributed by atoms with Gasteiger partial charge >= 0.3 is 0 Å². The number of likely N-dealkylation sites (tertiary alicyclic amines) is 1. The lowest BCUT2D eigenvalue weighted by Crippen LogP contribution is -2.31. The van der Waals surface area contributed by atoms with E-state index in [1.165, 1.54) is 11.8 Å². The van der Waals surface area contributed by atoms with Crippen LogP contribution in [0, 0.1) is 0 Å². The van der Waals surface area contributed by atoms with Gasteiger partial charge < -0.3 is 10.2 Å². The average molecular weight is 349 g/mol. The van der Waals surface area contributed by atoms with E-state index < -0.39 is 0 Å². The third kappa shape index (κ3) is 4.45. The van der Waals surface area contributed by atoms with Crippen molar-refractivity contribution in [1.82, 2.24) is 15.2 Å². The summed E-state index contributed by atoms with van der Waals surface area (Å²) in [6.45, 7) is 2.22. The molecule has 1 aliphatic heterocycles. The number of thiazole rings is 1. The number of hydrogen-bond donors (Lipinski definition) is 1. The number of aromatic nitrogens is 1. The summed E-state index contributed by atoms with van der Waals surface area (Å²) in [5, 5.41) is 2.90. The van der Waals surface area contributed by atoms with Crippen LogP contribution in [-0.2, 0) is 9.59 Å². The Morgan fingerprint density at radius 3 is 3.04 bits per heavy atom. The van der Waals surface area contributed by atoms with Crippen molar-refractivity contribution in [2.75, 3.05) is 25.4 Å². The van der Waals surface area contributed by atoms with Crippen molar-refractivity contribution in [1.29, 1.82) is 0 Å². The minimum atomic E-state index is 0.0157. The van der Waals surface area contributed by atoms with Gasteiger partial charge in [0.15, 0.2) is 4.34 Å². The second-order valence-electron chi connectivity index (χ2n) is 5.42. The van der Waals surface area contributed by atoms with Gasteiger partial charge in [-0.15, -0.1) is 11.3 Å². The summed E-state index contributed by atoms with van der Waals surface area (Å²) < 4.78 is 2.06. The number of nitrogens with one attached hydrogen (secondary N) is 1. The SMILES string of the molecule is O=C(CSc1nc2ccccc2s1)NCCCN1CCCC1=O. The Bertz CT molecular complexity index is 668. The molecule has 23 heavy (non-hydrogen) atoms. The van der Waals surface area contributed by atoms with Crippen LogP contribution in [0.4, 0.5) is 0 Å². The lowest BCUT2D eigenvalue weighted by molar-refractivity contribution is -0.127. The van der Waals surface area contributed by atoms with Crippen LogP contribution in [0.15, 0.2) is 28.6 Å². The number of thioether (sulfide) groups is 1. The van der Waals surface area contributed by atoms with Crippen LogP contribution in [-0.4, -0.2) is 47.1 Å². The number of para-hydroxylation sites is 1. The summed E-state index contributed by atoms with van der Waals surface area (Å²) in [6, 6.07) is 7.98. The molecule has 7 heteroatoms. The van der Waals surface area contributed by atoms with Crippen LogP contribution < -0.4 is 5.32 Å². The smallest absolute Gasteiger partial charge is 0.230 e. The Kier molecular flexibility index (Phi) is 5.51. The fourth-order valence-corrected chi connectivity index (χ4v) is 4.43. The molecule has 2 aromatic rings. The van der Waals surface area contributed by atoms with Crippen molar-refractivity contribution in [3.63, 3.8) is 0 Å². The van der Waals surface area contributed by atoms with Crippen LogP contribution in [0.3, 0.4) is 0 Å². The molecule has 3 rings (SSSR count).